The highest BCUT2D eigenvalue weighted by atomic mass is 35.5. The summed E-state index contributed by atoms with van der Waals surface area (Å²) in [6, 6.07) is 18.8. The van der Waals surface area contributed by atoms with Crippen LogP contribution in [0.15, 0.2) is 71.6 Å². The van der Waals surface area contributed by atoms with Gasteiger partial charge in [0.1, 0.15) is 5.82 Å². The number of aromatic amines is 1. The Morgan fingerprint density at radius 2 is 1.77 bits per heavy atom. The largest absolute Gasteiger partial charge is 0.338 e. The van der Waals surface area contributed by atoms with Gasteiger partial charge in [-0.15, -0.1) is 0 Å². The van der Waals surface area contributed by atoms with Gasteiger partial charge in [0.15, 0.2) is 0 Å². The molecule has 0 aliphatic heterocycles. The van der Waals surface area contributed by atoms with Crippen molar-refractivity contribution in [1.29, 1.82) is 0 Å². The number of hydrogen-bond donors (Lipinski definition) is 3. The Labute approximate surface area is 178 Å². The molecule has 1 amide bonds. The van der Waals surface area contributed by atoms with E-state index in [1.54, 1.807) is 12.1 Å². The molecule has 9 heteroatoms. The lowest BCUT2D eigenvalue weighted by Gasteiger charge is -2.09. The van der Waals surface area contributed by atoms with Crippen LogP contribution in [0.4, 0.5) is 5.69 Å². The lowest BCUT2D eigenvalue weighted by molar-refractivity contribution is 0.102. The van der Waals surface area contributed by atoms with Gasteiger partial charge in [0.25, 0.3) is 5.91 Å². The fraction of sp³-hybridized carbons (Fsp3) is 0.0476. The topological polar surface area (TPSA) is 104 Å². The van der Waals surface area contributed by atoms with E-state index in [-0.39, 0.29) is 15.5 Å². The number of imidazole rings is 1. The SMILES string of the molecule is CNS(=O)(=O)c1ccc(Cl)c(C(=O)Nc2ccc(-c3nc4ccccc4[nH]3)cc2)c1. The lowest BCUT2D eigenvalue weighted by Crippen LogP contribution is -2.20. The van der Waals surface area contributed by atoms with Gasteiger partial charge in [-0.25, -0.2) is 18.1 Å². The van der Waals surface area contributed by atoms with E-state index in [2.05, 4.69) is 20.0 Å². The van der Waals surface area contributed by atoms with Crippen molar-refractivity contribution in [2.75, 3.05) is 12.4 Å². The van der Waals surface area contributed by atoms with E-state index in [4.69, 9.17) is 11.6 Å². The number of sulfonamides is 1. The van der Waals surface area contributed by atoms with Crippen LogP contribution in [0.25, 0.3) is 22.4 Å². The zero-order valence-electron chi connectivity index (χ0n) is 15.8. The molecular weight excluding hydrogens is 424 g/mol. The van der Waals surface area contributed by atoms with E-state index in [0.717, 1.165) is 22.4 Å². The predicted molar refractivity (Wildman–Crippen MR) is 117 cm³/mol. The van der Waals surface area contributed by atoms with Crippen LogP contribution in [-0.2, 0) is 10.0 Å². The number of rotatable bonds is 5. The maximum Gasteiger partial charge on any atom is 0.257 e. The van der Waals surface area contributed by atoms with Gasteiger partial charge in [-0.05, 0) is 61.6 Å². The Hall–Kier alpha value is -3.20. The van der Waals surface area contributed by atoms with E-state index in [1.165, 1.54) is 25.2 Å². The summed E-state index contributed by atoms with van der Waals surface area (Å²) in [6.07, 6.45) is 0. The average molecular weight is 441 g/mol. The fourth-order valence-corrected chi connectivity index (χ4v) is 3.92. The number of benzene rings is 3. The number of hydrogen-bond acceptors (Lipinski definition) is 4. The smallest absolute Gasteiger partial charge is 0.257 e. The van der Waals surface area contributed by atoms with Gasteiger partial charge in [-0.3, -0.25) is 4.79 Å². The first-order chi connectivity index (χ1) is 14.4. The molecule has 0 spiro atoms. The molecule has 0 aliphatic carbocycles. The van der Waals surface area contributed by atoms with E-state index in [1.807, 2.05) is 36.4 Å². The molecule has 1 heterocycles. The van der Waals surface area contributed by atoms with Gasteiger partial charge in [-0.1, -0.05) is 23.7 Å². The first-order valence-electron chi connectivity index (χ1n) is 8.97. The van der Waals surface area contributed by atoms with Crippen molar-refractivity contribution in [3.8, 4) is 11.4 Å². The van der Waals surface area contributed by atoms with Gasteiger partial charge < -0.3 is 10.3 Å². The van der Waals surface area contributed by atoms with Crippen LogP contribution in [0.3, 0.4) is 0 Å². The Bertz CT molecular complexity index is 1320. The van der Waals surface area contributed by atoms with Crippen LogP contribution < -0.4 is 10.0 Å². The van der Waals surface area contributed by atoms with Crippen LogP contribution in [0, 0.1) is 0 Å². The number of anilines is 1. The summed E-state index contributed by atoms with van der Waals surface area (Å²) in [5.74, 6) is 0.215. The summed E-state index contributed by atoms with van der Waals surface area (Å²) in [5.41, 5.74) is 3.28. The van der Waals surface area contributed by atoms with Gasteiger partial charge in [-0.2, -0.15) is 0 Å². The minimum atomic E-state index is -3.69. The summed E-state index contributed by atoms with van der Waals surface area (Å²) in [5, 5.41) is 2.89. The van der Waals surface area contributed by atoms with E-state index in [9.17, 15) is 13.2 Å². The summed E-state index contributed by atoms with van der Waals surface area (Å²) >= 11 is 6.11. The quantitative estimate of drug-likeness (QED) is 0.435. The van der Waals surface area contributed by atoms with Gasteiger partial charge in [0, 0.05) is 11.3 Å². The molecule has 0 atom stereocenters. The van der Waals surface area contributed by atoms with Crippen molar-refractivity contribution >= 4 is 44.3 Å². The normalized spacial score (nSPS) is 11.5. The number of fused-ring (bicyclic) bond motifs is 1. The molecule has 3 aromatic carbocycles. The van der Waals surface area contributed by atoms with Crippen LogP contribution in [0.1, 0.15) is 10.4 Å². The maximum absolute atomic E-state index is 12.6. The van der Waals surface area contributed by atoms with E-state index >= 15 is 0 Å². The number of nitrogens with one attached hydrogen (secondary N) is 3. The number of carbonyl (C=O) groups is 1. The highest BCUT2D eigenvalue weighted by Crippen LogP contribution is 2.24. The first kappa shape index (κ1) is 20.1. The lowest BCUT2D eigenvalue weighted by atomic mass is 10.1. The average Bonchev–Trinajstić information content (AvgIpc) is 3.18. The van der Waals surface area contributed by atoms with Crippen LogP contribution in [-0.4, -0.2) is 31.3 Å². The minimum Gasteiger partial charge on any atom is -0.338 e. The molecule has 0 saturated heterocycles. The molecular formula is C21H17ClN4O3S. The van der Waals surface area contributed by atoms with Crippen molar-refractivity contribution in [1.82, 2.24) is 14.7 Å². The second-order valence-corrected chi connectivity index (χ2v) is 8.78. The molecule has 0 unspecified atom stereocenters. The van der Waals surface area contributed by atoms with Crippen molar-refractivity contribution in [2.45, 2.75) is 4.90 Å². The molecule has 4 aromatic rings. The molecule has 0 aliphatic rings. The molecule has 30 heavy (non-hydrogen) atoms. The molecule has 0 saturated carbocycles. The third-order valence-corrected chi connectivity index (χ3v) is 6.31. The summed E-state index contributed by atoms with van der Waals surface area (Å²) < 4.78 is 26.2. The minimum absolute atomic E-state index is 0.0419. The Morgan fingerprint density at radius 1 is 1.03 bits per heavy atom. The molecule has 4 rings (SSSR count). The second kappa shape index (κ2) is 7.91. The van der Waals surface area contributed by atoms with Crippen molar-refractivity contribution in [2.24, 2.45) is 0 Å². The van der Waals surface area contributed by atoms with Crippen molar-refractivity contribution < 1.29 is 13.2 Å². The number of para-hydroxylation sites is 2. The third kappa shape index (κ3) is 3.93. The Kier molecular flexibility index (Phi) is 5.29. The molecule has 7 nitrogen and oxygen atoms in total. The van der Waals surface area contributed by atoms with Crippen LogP contribution in [0.2, 0.25) is 5.02 Å². The molecule has 3 N–H and O–H groups in total. The summed E-state index contributed by atoms with van der Waals surface area (Å²) in [6.45, 7) is 0. The van der Waals surface area contributed by atoms with E-state index < -0.39 is 15.9 Å². The molecule has 0 bridgehead atoms. The zero-order chi connectivity index (χ0) is 21.3. The second-order valence-electron chi connectivity index (χ2n) is 6.48. The predicted octanol–water partition coefficient (Wildman–Crippen LogP) is 4.04. The number of H-pyrrole nitrogens is 1. The highest BCUT2D eigenvalue weighted by molar-refractivity contribution is 7.89. The third-order valence-electron chi connectivity index (χ3n) is 4.57. The van der Waals surface area contributed by atoms with Gasteiger partial charge in [0.05, 0.1) is 26.5 Å². The van der Waals surface area contributed by atoms with Crippen LogP contribution >= 0.6 is 11.6 Å². The van der Waals surface area contributed by atoms with Crippen molar-refractivity contribution in [3.05, 3.63) is 77.3 Å². The molecule has 152 valence electrons. The summed E-state index contributed by atoms with van der Waals surface area (Å²) in [7, 11) is -2.39. The standard InChI is InChI=1S/C21H17ClN4O3S/c1-23-30(28,29)15-10-11-17(22)16(12-15)21(27)24-14-8-6-13(7-9-14)20-25-18-4-2-3-5-19(18)26-20/h2-12,23H,1H3,(H,24,27)(H,25,26). The first-order valence-corrected chi connectivity index (χ1v) is 10.8. The molecule has 0 radical (unpaired) electrons. The van der Waals surface area contributed by atoms with Crippen molar-refractivity contribution in [3.63, 3.8) is 0 Å². The summed E-state index contributed by atoms with van der Waals surface area (Å²) in [4.78, 5) is 20.4. The number of carbonyl (C=O) groups excluding carboxylic acids is 1. The zero-order valence-corrected chi connectivity index (χ0v) is 17.4. The van der Waals surface area contributed by atoms with E-state index in [0.29, 0.717) is 5.69 Å². The fourth-order valence-electron chi connectivity index (χ4n) is 2.96. The Morgan fingerprint density at radius 3 is 2.47 bits per heavy atom. The maximum atomic E-state index is 12.6. The highest BCUT2D eigenvalue weighted by Gasteiger charge is 2.17. The van der Waals surface area contributed by atoms with Gasteiger partial charge in [0.2, 0.25) is 10.0 Å². The van der Waals surface area contributed by atoms with Crippen LogP contribution in [0.5, 0.6) is 0 Å². The van der Waals surface area contributed by atoms with Gasteiger partial charge >= 0.3 is 0 Å². The number of aromatic nitrogens is 2. The molecule has 0 fully saturated rings. The molecule has 1 aromatic heterocycles. The number of halogens is 1. The number of nitrogens with zero attached hydrogens (tertiary/aromatic N) is 1. The Balaban J connectivity index is 1.56. The monoisotopic (exact) mass is 440 g/mol. The number of amides is 1.